The van der Waals surface area contributed by atoms with Gasteiger partial charge < -0.3 is 23.9 Å². The first kappa shape index (κ1) is 28.5. The molecule has 9 nitrogen and oxygen atoms in total. The summed E-state index contributed by atoms with van der Waals surface area (Å²) in [6, 6.07) is 9.07. The molecule has 2 aromatic rings. The van der Waals surface area contributed by atoms with E-state index < -0.39 is 21.7 Å². The van der Waals surface area contributed by atoms with E-state index in [-0.39, 0.29) is 4.90 Å². The first-order chi connectivity index (χ1) is 17.4. The lowest BCUT2D eigenvalue weighted by atomic mass is 9.98. The van der Waals surface area contributed by atoms with E-state index in [0.717, 1.165) is 23.0 Å². The molecule has 0 saturated heterocycles. The lowest BCUT2D eigenvalue weighted by Crippen LogP contribution is -2.38. The van der Waals surface area contributed by atoms with Gasteiger partial charge in [0, 0.05) is 25.9 Å². The summed E-state index contributed by atoms with van der Waals surface area (Å²) in [5.74, 6) is 0.979. The Kier molecular flexibility index (Phi) is 9.20. The number of nitrogens with two attached hydrogens (primary N) is 1. The maximum absolute atomic E-state index is 12.8. The molecule has 0 spiro atoms. The number of fused-ring (bicyclic) bond motifs is 1. The molecule has 1 heterocycles. The molecule has 202 valence electrons. The van der Waals surface area contributed by atoms with Gasteiger partial charge in [-0.15, -0.1) is 0 Å². The number of nitrogens with zero attached hydrogens (tertiary/aromatic N) is 1. The number of amides is 1. The normalized spacial score (nSPS) is 13.0. The average Bonchev–Trinajstić information content (AvgIpc) is 3.29. The number of rotatable bonds is 11. The minimum absolute atomic E-state index is 0.0266. The molecule has 0 atom stereocenters. The number of unbranched alkanes of at least 4 members (excludes halogenated alkanes) is 2. The highest BCUT2D eigenvalue weighted by Crippen LogP contribution is 2.38. The molecule has 2 N–H and O–H groups in total. The summed E-state index contributed by atoms with van der Waals surface area (Å²) in [7, 11) is -2.39. The largest absolute Gasteiger partial charge is 0.496 e. The summed E-state index contributed by atoms with van der Waals surface area (Å²) >= 11 is 0. The fraction of sp³-hybridized carbons (Fsp3) is 0.481. The van der Waals surface area contributed by atoms with Crippen molar-refractivity contribution in [2.24, 2.45) is 5.14 Å². The first-order valence-electron chi connectivity index (χ1n) is 12.3. The zero-order chi connectivity index (χ0) is 27.2. The number of carbonyl (C=O) groups excluding carboxylic acids is 2. The smallest absolute Gasteiger partial charge is 0.410 e. The summed E-state index contributed by atoms with van der Waals surface area (Å²) in [6.45, 7) is 6.71. The van der Waals surface area contributed by atoms with Crippen LogP contribution in [0.25, 0.3) is 11.1 Å². The SMILES string of the molecule is COc1ccc(-c2cc3c(c(S(N)(=O)=O)c2)OCC3)cc1CCN(CCCCC=O)C(=O)OC(C)(C)C. The van der Waals surface area contributed by atoms with E-state index in [2.05, 4.69) is 0 Å². The molecule has 3 rings (SSSR count). The van der Waals surface area contributed by atoms with Crippen molar-refractivity contribution in [1.29, 1.82) is 0 Å². The van der Waals surface area contributed by atoms with Crippen LogP contribution in [-0.4, -0.2) is 58.1 Å². The van der Waals surface area contributed by atoms with Gasteiger partial charge in [0.1, 0.15) is 28.3 Å². The summed E-state index contributed by atoms with van der Waals surface area (Å²) in [5, 5.41) is 5.47. The second kappa shape index (κ2) is 12.0. The molecule has 1 aliphatic heterocycles. The van der Waals surface area contributed by atoms with Crippen LogP contribution in [0.2, 0.25) is 0 Å². The van der Waals surface area contributed by atoms with Crippen molar-refractivity contribution >= 4 is 22.4 Å². The standard InChI is InChI=1S/C27H36N2O7S/c1-27(2,3)36-26(31)29(12-6-5-7-14-30)13-10-20-16-19(8-9-23(20)34-4)22-17-21-11-15-35-25(21)24(18-22)37(28,32)33/h8-9,14,16-18H,5-7,10-13,15H2,1-4H3,(H2,28,32,33). The van der Waals surface area contributed by atoms with Crippen LogP contribution in [0.3, 0.4) is 0 Å². The molecular weight excluding hydrogens is 496 g/mol. The third-order valence-corrected chi connectivity index (χ3v) is 6.89. The summed E-state index contributed by atoms with van der Waals surface area (Å²) in [4.78, 5) is 25.1. The van der Waals surface area contributed by atoms with Gasteiger partial charge in [-0.2, -0.15) is 0 Å². The summed E-state index contributed by atoms with van der Waals surface area (Å²) < 4.78 is 41.1. The van der Waals surface area contributed by atoms with E-state index in [0.29, 0.717) is 68.9 Å². The number of aldehydes is 1. The molecule has 0 unspecified atom stereocenters. The Morgan fingerprint density at radius 1 is 1.14 bits per heavy atom. The maximum atomic E-state index is 12.8. The molecular formula is C27H36N2O7S. The van der Waals surface area contributed by atoms with Gasteiger partial charge in [-0.25, -0.2) is 18.4 Å². The number of sulfonamides is 1. The monoisotopic (exact) mass is 532 g/mol. The molecule has 0 saturated carbocycles. The van der Waals surface area contributed by atoms with E-state index >= 15 is 0 Å². The van der Waals surface area contributed by atoms with Crippen molar-refractivity contribution in [3.8, 4) is 22.6 Å². The Morgan fingerprint density at radius 2 is 1.89 bits per heavy atom. The molecule has 37 heavy (non-hydrogen) atoms. The van der Waals surface area contributed by atoms with E-state index in [4.69, 9.17) is 19.3 Å². The maximum Gasteiger partial charge on any atom is 0.410 e. The van der Waals surface area contributed by atoms with Crippen molar-refractivity contribution in [3.05, 3.63) is 41.5 Å². The quantitative estimate of drug-likeness (QED) is 0.341. The van der Waals surface area contributed by atoms with E-state index in [1.54, 1.807) is 12.0 Å². The van der Waals surface area contributed by atoms with Gasteiger partial charge in [-0.05, 0) is 86.6 Å². The summed E-state index contributed by atoms with van der Waals surface area (Å²) in [5.41, 5.74) is 2.52. The Hall–Kier alpha value is -3.11. The molecule has 1 amide bonds. The van der Waals surface area contributed by atoms with Crippen LogP contribution in [-0.2, 0) is 32.4 Å². The van der Waals surface area contributed by atoms with Crippen LogP contribution in [0.15, 0.2) is 35.2 Å². The number of benzene rings is 2. The molecule has 0 radical (unpaired) electrons. The lowest BCUT2D eigenvalue weighted by molar-refractivity contribution is -0.107. The van der Waals surface area contributed by atoms with Crippen LogP contribution in [0.1, 0.15) is 51.2 Å². The predicted molar refractivity (Wildman–Crippen MR) is 140 cm³/mol. The van der Waals surface area contributed by atoms with Gasteiger partial charge in [0.2, 0.25) is 10.0 Å². The fourth-order valence-electron chi connectivity index (χ4n) is 4.21. The number of hydrogen-bond donors (Lipinski definition) is 1. The Balaban J connectivity index is 1.88. The molecule has 1 aliphatic rings. The predicted octanol–water partition coefficient (Wildman–Crippen LogP) is 4.09. The molecule has 0 aliphatic carbocycles. The van der Waals surface area contributed by atoms with E-state index in [1.807, 2.05) is 45.0 Å². The highest BCUT2D eigenvalue weighted by atomic mass is 32.2. The van der Waals surface area contributed by atoms with Gasteiger partial charge in [0.15, 0.2) is 0 Å². The van der Waals surface area contributed by atoms with Crippen molar-refractivity contribution in [2.45, 2.75) is 63.4 Å². The van der Waals surface area contributed by atoms with Crippen LogP contribution < -0.4 is 14.6 Å². The Bertz CT molecular complexity index is 1240. The van der Waals surface area contributed by atoms with E-state index in [1.165, 1.54) is 6.07 Å². The van der Waals surface area contributed by atoms with Gasteiger partial charge in [-0.3, -0.25) is 0 Å². The van der Waals surface area contributed by atoms with Crippen LogP contribution in [0.4, 0.5) is 4.79 Å². The average molecular weight is 533 g/mol. The molecule has 0 bridgehead atoms. The van der Waals surface area contributed by atoms with Gasteiger partial charge in [0.05, 0.1) is 13.7 Å². The van der Waals surface area contributed by atoms with Crippen LogP contribution in [0.5, 0.6) is 11.5 Å². The van der Waals surface area contributed by atoms with Crippen molar-refractivity contribution in [1.82, 2.24) is 4.90 Å². The number of primary sulfonamides is 1. The fourth-order valence-corrected chi connectivity index (χ4v) is 4.95. The molecule has 0 aromatic heterocycles. The first-order valence-corrected chi connectivity index (χ1v) is 13.9. The molecule has 0 fully saturated rings. The second-order valence-electron chi connectivity index (χ2n) is 10.0. The van der Waals surface area contributed by atoms with Crippen molar-refractivity contribution in [3.63, 3.8) is 0 Å². The number of methoxy groups -OCH3 is 1. The zero-order valence-corrected chi connectivity index (χ0v) is 22.7. The van der Waals surface area contributed by atoms with Crippen molar-refractivity contribution in [2.75, 3.05) is 26.8 Å². The van der Waals surface area contributed by atoms with Gasteiger partial charge >= 0.3 is 6.09 Å². The number of hydrogen-bond acceptors (Lipinski definition) is 7. The Morgan fingerprint density at radius 3 is 2.54 bits per heavy atom. The van der Waals surface area contributed by atoms with Crippen LogP contribution in [0, 0.1) is 0 Å². The zero-order valence-electron chi connectivity index (χ0n) is 21.9. The number of carbonyl (C=O) groups is 2. The second-order valence-corrected chi connectivity index (χ2v) is 11.5. The lowest BCUT2D eigenvalue weighted by Gasteiger charge is -2.27. The van der Waals surface area contributed by atoms with Gasteiger partial charge in [0.25, 0.3) is 0 Å². The van der Waals surface area contributed by atoms with Gasteiger partial charge in [-0.1, -0.05) is 6.07 Å². The third-order valence-electron chi connectivity index (χ3n) is 5.97. The minimum Gasteiger partial charge on any atom is -0.496 e. The Labute approximate surface area is 218 Å². The minimum atomic E-state index is -3.97. The summed E-state index contributed by atoms with van der Waals surface area (Å²) in [6.07, 6.45) is 3.37. The molecule has 10 heteroatoms. The molecule has 2 aromatic carbocycles. The topological polar surface area (TPSA) is 125 Å². The third kappa shape index (κ3) is 7.69. The highest BCUT2D eigenvalue weighted by molar-refractivity contribution is 7.89. The highest BCUT2D eigenvalue weighted by Gasteiger charge is 2.25. The van der Waals surface area contributed by atoms with Crippen molar-refractivity contribution < 1.29 is 32.2 Å². The number of ether oxygens (including phenoxy) is 3. The van der Waals surface area contributed by atoms with E-state index in [9.17, 15) is 18.0 Å². The van der Waals surface area contributed by atoms with Crippen LogP contribution >= 0.6 is 0 Å².